The fourth-order valence-corrected chi connectivity index (χ4v) is 4.55. The van der Waals surface area contributed by atoms with Crippen LogP contribution in [0, 0.1) is 6.92 Å². The Morgan fingerprint density at radius 3 is 2.64 bits per heavy atom. The Hall–Kier alpha value is -1.66. The lowest BCUT2D eigenvalue weighted by Crippen LogP contribution is -2.30. The molecule has 0 spiro atoms. The number of nitrogens with zero attached hydrogens (tertiary/aromatic N) is 2. The summed E-state index contributed by atoms with van der Waals surface area (Å²) in [4.78, 5) is 0.341. The fraction of sp³-hybridized carbons (Fsp3) is 0.438. The molecule has 1 fully saturated rings. The highest BCUT2D eigenvalue weighted by atomic mass is 32.2. The van der Waals surface area contributed by atoms with E-state index in [9.17, 15) is 8.42 Å². The summed E-state index contributed by atoms with van der Waals surface area (Å²) in [5, 5.41) is 3.88. The first-order valence-electron chi connectivity index (χ1n) is 7.56. The van der Waals surface area contributed by atoms with Crippen LogP contribution in [-0.2, 0) is 16.4 Å². The van der Waals surface area contributed by atoms with Gasteiger partial charge in [-0.15, -0.1) is 0 Å². The summed E-state index contributed by atoms with van der Waals surface area (Å²) in [6.45, 7) is 4.40. The summed E-state index contributed by atoms with van der Waals surface area (Å²) in [7, 11) is -3.51. The third kappa shape index (κ3) is 2.68. The summed E-state index contributed by atoms with van der Waals surface area (Å²) in [5.41, 5.74) is 1.90. The standard InChI is InChI=1S/C16H20N2O3S/c1-3-13-6-8-14(9-7-13)22(19,20)18-10-4-5-15(18)16-11-12(2)17-21-16/h6-9,11,15H,3-5,10H2,1-2H3/t15-/m1/s1. The number of hydrogen-bond acceptors (Lipinski definition) is 4. The fourth-order valence-electron chi connectivity index (χ4n) is 2.89. The maximum absolute atomic E-state index is 12.9. The van der Waals surface area contributed by atoms with Crippen LogP contribution in [0.1, 0.15) is 42.8 Å². The lowest BCUT2D eigenvalue weighted by molar-refractivity contribution is 0.297. The van der Waals surface area contributed by atoms with Gasteiger partial charge in [-0.3, -0.25) is 0 Å². The molecule has 0 bridgehead atoms. The van der Waals surface area contributed by atoms with E-state index >= 15 is 0 Å². The van der Waals surface area contributed by atoms with Crippen molar-refractivity contribution in [2.75, 3.05) is 6.54 Å². The molecule has 2 heterocycles. The van der Waals surface area contributed by atoms with Gasteiger partial charge >= 0.3 is 0 Å². The van der Waals surface area contributed by atoms with Gasteiger partial charge in [0.05, 0.1) is 16.6 Å². The molecule has 22 heavy (non-hydrogen) atoms. The molecule has 0 radical (unpaired) electrons. The molecule has 0 unspecified atom stereocenters. The van der Waals surface area contributed by atoms with Crippen molar-refractivity contribution in [2.24, 2.45) is 0 Å². The van der Waals surface area contributed by atoms with E-state index in [1.807, 2.05) is 32.0 Å². The third-order valence-electron chi connectivity index (χ3n) is 4.12. The third-order valence-corrected chi connectivity index (χ3v) is 6.04. The Balaban J connectivity index is 1.93. The minimum absolute atomic E-state index is 0.253. The summed E-state index contributed by atoms with van der Waals surface area (Å²) >= 11 is 0. The quantitative estimate of drug-likeness (QED) is 0.868. The summed E-state index contributed by atoms with van der Waals surface area (Å²) < 4.78 is 32.6. The average Bonchev–Trinajstić information content (AvgIpc) is 3.16. The van der Waals surface area contributed by atoms with Gasteiger partial charge in [0.1, 0.15) is 0 Å². The number of rotatable bonds is 4. The van der Waals surface area contributed by atoms with E-state index in [1.165, 1.54) is 4.31 Å². The lowest BCUT2D eigenvalue weighted by Gasteiger charge is -2.22. The molecule has 1 atom stereocenters. The second kappa shape index (κ2) is 5.85. The van der Waals surface area contributed by atoms with Crippen molar-refractivity contribution in [1.82, 2.24) is 9.46 Å². The lowest BCUT2D eigenvalue weighted by atomic mass is 10.2. The highest BCUT2D eigenvalue weighted by Gasteiger charge is 2.38. The summed E-state index contributed by atoms with van der Waals surface area (Å²) in [6, 6.07) is 8.69. The van der Waals surface area contributed by atoms with Crippen molar-refractivity contribution in [2.45, 2.75) is 44.0 Å². The predicted molar refractivity (Wildman–Crippen MR) is 82.9 cm³/mol. The van der Waals surface area contributed by atoms with Crippen molar-refractivity contribution in [1.29, 1.82) is 0 Å². The predicted octanol–water partition coefficient (Wildman–Crippen LogP) is 3.07. The molecule has 0 amide bonds. The second-order valence-corrected chi connectivity index (χ2v) is 7.53. The minimum atomic E-state index is -3.51. The molecular formula is C16H20N2O3S. The number of benzene rings is 1. The normalized spacial score (nSPS) is 19.6. The van der Waals surface area contributed by atoms with Crippen molar-refractivity contribution >= 4 is 10.0 Å². The zero-order chi connectivity index (χ0) is 15.7. The van der Waals surface area contributed by atoms with Crippen molar-refractivity contribution in [3.05, 3.63) is 47.3 Å². The highest BCUT2D eigenvalue weighted by molar-refractivity contribution is 7.89. The van der Waals surface area contributed by atoms with Crippen LogP contribution in [-0.4, -0.2) is 24.4 Å². The molecule has 3 rings (SSSR count). The Kier molecular flexibility index (Phi) is 4.06. The molecule has 6 heteroatoms. The largest absolute Gasteiger partial charge is 0.359 e. The molecule has 1 aromatic heterocycles. The average molecular weight is 320 g/mol. The molecule has 0 aliphatic carbocycles. The van der Waals surface area contributed by atoms with E-state index in [-0.39, 0.29) is 6.04 Å². The number of sulfonamides is 1. The molecule has 0 N–H and O–H groups in total. The Labute approximate surface area is 131 Å². The van der Waals surface area contributed by atoms with Crippen molar-refractivity contribution in [3.8, 4) is 0 Å². The van der Waals surface area contributed by atoms with Crippen LogP contribution in [0.15, 0.2) is 39.8 Å². The van der Waals surface area contributed by atoms with Gasteiger partial charge in [0.2, 0.25) is 10.0 Å². The van der Waals surface area contributed by atoms with E-state index in [0.717, 1.165) is 30.5 Å². The topological polar surface area (TPSA) is 63.4 Å². The zero-order valence-corrected chi connectivity index (χ0v) is 13.6. The number of aromatic nitrogens is 1. The minimum Gasteiger partial charge on any atom is -0.359 e. The number of aryl methyl sites for hydroxylation is 2. The van der Waals surface area contributed by atoms with Gasteiger partial charge in [-0.2, -0.15) is 4.31 Å². The monoisotopic (exact) mass is 320 g/mol. The van der Waals surface area contributed by atoms with Crippen LogP contribution in [0.25, 0.3) is 0 Å². The van der Waals surface area contributed by atoms with Gasteiger partial charge in [0.15, 0.2) is 5.76 Å². The maximum Gasteiger partial charge on any atom is 0.243 e. The molecule has 5 nitrogen and oxygen atoms in total. The molecule has 2 aromatic rings. The van der Waals surface area contributed by atoms with Gasteiger partial charge in [-0.25, -0.2) is 8.42 Å². The maximum atomic E-state index is 12.9. The Morgan fingerprint density at radius 1 is 1.32 bits per heavy atom. The smallest absolute Gasteiger partial charge is 0.243 e. The first kappa shape index (κ1) is 15.2. The highest BCUT2D eigenvalue weighted by Crippen LogP contribution is 2.36. The molecule has 118 valence electrons. The van der Waals surface area contributed by atoms with Gasteiger partial charge in [0.25, 0.3) is 0 Å². The van der Waals surface area contributed by atoms with Crippen LogP contribution in [0.3, 0.4) is 0 Å². The summed E-state index contributed by atoms with van der Waals surface area (Å²) in [5.74, 6) is 0.628. The molecule has 1 aliphatic heterocycles. The van der Waals surface area contributed by atoms with E-state index in [4.69, 9.17) is 4.52 Å². The van der Waals surface area contributed by atoms with Gasteiger partial charge in [-0.1, -0.05) is 24.2 Å². The van der Waals surface area contributed by atoms with Crippen LogP contribution >= 0.6 is 0 Å². The number of hydrogen-bond donors (Lipinski definition) is 0. The van der Waals surface area contributed by atoms with Crippen molar-refractivity contribution < 1.29 is 12.9 Å². The van der Waals surface area contributed by atoms with Crippen LogP contribution in [0.2, 0.25) is 0 Å². The van der Waals surface area contributed by atoms with Crippen LogP contribution < -0.4 is 0 Å². The van der Waals surface area contributed by atoms with Gasteiger partial charge < -0.3 is 4.52 Å². The first-order chi connectivity index (χ1) is 10.5. The molecule has 1 aliphatic rings. The van der Waals surface area contributed by atoms with Gasteiger partial charge in [0, 0.05) is 12.6 Å². The van der Waals surface area contributed by atoms with Crippen LogP contribution in [0.4, 0.5) is 0 Å². The Morgan fingerprint density at radius 2 is 2.05 bits per heavy atom. The van der Waals surface area contributed by atoms with Crippen molar-refractivity contribution in [3.63, 3.8) is 0 Å². The second-order valence-electron chi connectivity index (χ2n) is 5.64. The molecule has 1 saturated heterocycles. The van der Waals surface area contributed by atoms with Crippen LogP contribution in [0.5, 0.6) is 0 Å². The summed E-state index contributed by atoms with van der Waals surface area (Å²) in [6.07, 6.45) is 2.49. The Bertz CT molecular complexity index is 750. The molecular weight excluding hydrogens is 300 g/mol. The zero-order valence-electron chi connectivity index (χ0n) is 12.8. The van der Waals surface area contributed by atoms with E-state index in [0.29, 0.717) is 17.2 Å². The van der Waals surface area contributed by atoms with E-state index in [2.05, 4.69) is 5.16 Å². The molecule has 1 aromatic carbocycles. The van der Waals surface area contributed by atoms with E-state index in [1.54, 1.807) is 12.1 Å². The first-order valence-corrected chi connectivity index (χ1v) is 9.00. The van der Waals surface area contributed by atoms with Gasteiger partial charge in [-0.05, 0) is 43.9 Å². The SMILES string of the molecule is CCc1ccc(S(=O)(=O)N2CCC[C@@H]2c2cc(C)no2)cc1. The molecule has 0 saturated carbocycles. The van der Waals surface area contributed by atoms with E-state index < -0.39 is 10.0 Å².